The zero-order valence-corrected chi connectivity index (χ0v) is 20.5. The lowest BCUT2D eigenvalue weighted by molar-refractivity contribution is -0.121. The van der Waals surface area contributed by atoms with E-state index >= 15 is 0 Å². The molecule has 1 aromatic heterocycles. The Morgan fingerprint density at radius 3 is 2.27 bits per heavy atom. The van der Waals surface area contributed by atoms with Crippen LogP contribution in [-0.4, -0.2) is 47.9 Å². The monoisotopic (exact) mass is 456 g/mol. The highest BCUT2D eigenvalue weighted by Crippen LogP contribution is 2.38. The van der Waals surface area contributed by atoms with E-state index in [0.29, 0.717) is 35.7 Å². The molecule has 1 aliphatic carbocycles. The van der Waals surface area contributed by atoms with Gasteiger partial charge in [-0.05, 0) is 42.9 Å². The van der Waals surface area contributed by atoms with Gasteiger partial charge in [0.1, 0.15) is 11.5 Å². The average molecular weight is 457 g/mol. The van der Waals surface area contributed by atoms with Gasteiger partial charge in [0.05, 0.1) is 25.5 Å². The summed E-state index contributed by atoms with van der Waals surface area (Å²) < 4.78 is 13.0. The lowest BCUT2D eigenvalue weighted by atomic mass is 10.00. The molecule has 1 aromatic carbocycles. The van der Waals surface area contributed by atoms with E-state index < -0.39 is 0 Å². The molecular weight excluding hydrogens is 420 g/mol. The summed E-state index contributed by atoms with van der Waals surface area (Å²) in [6.07, 6.45) is 2.32. The molecular formula is C25H36N4O4. The number of methoxy groups -OCH3 is 2. The predicted molar refractivity (Wildman–Crippen MR) is 127 cm³/mol. The van der Waals surface area contributed by atoms with Gasteiger partial charge in [0, 0.05) is 25.0 Å². The van der Waals surface area contributed by atoms with Crippen LogP contribution in [0.2, 0.25) is 0 Å². The molecule has 1 atom stereocenters. The number of hydrogen-bond acceptors (Lipinski definition) is 5. The molecule has 1 heterocycles. The van der Waals surface area contributed by atoms with Gasteiger partial charge >= 0.3 is 0 Å². The number of hydrogen-bond donors (Lipinski definition) is 2. The molecule has 0 spiro atoms. The van der Waals surface area contributed by atoms with Crippen LogP contribution in [0.5, 0.6) is 11.5 Å². The van der Waals surface area contributed by atoms with Gasteiger partial charge in [0.15, 0.2) is 5.69 Å². The first-order chi connectivity index (χ1) is 15.7. The SMILES string of the molecule is COc1cccc(OC)c1-c1cc(C(=O)NC(CC(=O)NC2CC2)C(C)C)nn1CC(C)C. The normalized spacial score (nSPS) is 14.3. The standard InChI is InChI=1S/C25H36N4O4/c1-15(2)14-29-20(24-21(32-5)8-7-9-22(24)33-6)12-19(28-29)25(31)27-18(16(3)4)13-23(30)26-17-10-11-17/h7-9,12,15-18H,10-11,13-14H2,1-6H3,(H,26,30)(H,27,31). The fourth-order valence-electron chi connectivity index (χ4n) is 3.73. The minimum Gasteiger partial charge on any atom is -0.496 e. The highest BCUT2D eigenvalue weighted by Gasteiger charge is 2.28. The summed E-state index contributed by atoms with van der Waals surface area (Å²) in [5, 5.41) is 10.6. The molecule has 180 valence electrons. The van der Waals surface area contributed by atoms with Gasteiger partial charge in [-0.25, -0.2) is 0 Å². The lowest BCUT2D eigenvalue weighted by Crippen LogP contribution is -2.42. The first kappa shape index (κ1) is 24.6. The van der Waals surface area contributed by atoms with Crippen molar-refractivity contribution < 1.29 is 19.1 Å². The van der Waals surface area contributed by atoms with Gasteiger partial charge < -0.3 is 20.1 Å². The van der Waals surface area contributed by atoms with Crippen LogP contribution in [0.3, 0.4) is 0 Å². The Morgan fingerprint density at radius 1 is 1.12 bits per heavy atom. The summed E-state index contributed by atoms with van der Waals surface area (Å²) in [4.78, 5) is 25.5. The van der Waals surface area contributed by atoms with E-state index in [1.165, 1.54) is 0 Å². The fourth-order valence-corrected chi connectivity index (χ4v) is 3.73. The predicted octanol–water partition coefficient (Wildman–Crippen LogP) is 3.65. The van der Waals surface area contributed by atoms with E-state index in [-0.39, 0.29) is 30.2 Å². The summed E-state index contributed by atoms with van der Waals surface area (Å²) in [6, 6.07) is 7.36. The van der Waals surface area contributed by atoms with Gasteiger partial charge in [-0.3, -0.25) is 14.3 Å². The van der Waals surface area contributed by atoms with E-state index in [9.17, 15) is 9.59 Å². The van der Waals surface area contributed by atoms with Gasteiger partial charge in [0.25, 0.3) is 5.91 Å². The zero-order chi connectivity index (χ0) is 24.1. The number of ether oxygens (including phenoxy) is 2. The summed E-state index contributed by atoms with van der Waals surface area (Å²) in [5.74, 6) is 1.37. The largest absolute Gasteiger partial charge is 0.496 e. The summed E-state index contributed by atoms with van der Waals surface area (Å²) in [6.45, 7) is 8.81. The van der Waals surface area contributed by atoms with Crippen molar-refractivity contribution in [3.63, 3.8) is 0 Å². The molecule has 0 saturated heterocycles. The lowest BCUT2D eigenvalue weighted by Gasteiger charge is -2.21. The average Bonchev–Trinajstić information content (AvgIpc) is 3.48. The van der Waals surface area contributed by atoms with Gasteiger partial charge in [-0.1, -0.05) is 33.8 Å². The van der Waals surface area contributed by atoms with Crippen LogP contribution in [0, 0.1) is 11.8 Å². The number of benzene rings is 1. The van der Waals surface area contributed by atoms with Crippen LogP contribution in [0.25, 0.3) is 11.3 Å². The van der Waals surface area contributed by atoms with E-state index in [2.05, 4.69) is 29.6 Å². The third kappa shape index (κ3) is 6.27. The number of carbonyl (C=O) groups is 2. The first-order valence-corrected chi connectivity index (χ1v) is 11.6. The van der Waals surface area contributed by atoms with Crippen LogP contribution < -0.4 is 20.1 Å². The maximum absolute atomic E-state index is 13.2. The Bertz CT molecular complexity index is 957. The molecule has 8 nitrogen and oxygen atoms in total. The zero-order valence-electron chi connectivity index (χ0n) is 20.5. The second-order valence-electron chi connectivity index (χ2n) is 9.40. The number of carbonyl (C=O) groups excluding carboxylic acids is 2. The van der Waals surface area contributed by atoms with Crippen molar-refractivity contribution in [3.8, 4) is 22.8 Å². The molecule has 2 aromatic rings. The Kier molecular flexibility index (Phi) is 8.00. The van der Waals surface area contributed by atoms with Crippen molar-refractivity contribution >= 4 is 11.8 Å². The van der Waals surface area contributed by atoms with Crippen molar-refractivity contribution in [1.82, 2.24) is 20.4 Å². The van der Waals surface area contributed by atoms with Crippen LogP contribution in [0.15, 0.2) is 24.3 Å². The quantitative estimate of drug-likeness (QED) is 0.538. The highest BCUT2D eigenvalue weighted by molar-refractivity contribution is 5.94. The third-order valence-electron chi connectivity index (χ3n) is 5.70. The topological polar surface area (TPSA) is 94.5 Å². The van der Waals surface area contributed by atoms with Gasteiger partial charge in [-0.2, -0.15) is 5.10 Å². The van der Waals surface area contributed by atoms with E-state index in [1.54, 1.807) is 20.3 Å². The second kappa shape index (κ2) is 10.7. The Balaban J connectivity index is 1.89. The molecule has 1 saturated carbocycles. The van der Waals surface area contributed by atoms with Gasteiger partial charge in [-0.15, -0.1) is 0 Å². The van der Waals surface area contributed by atoms with Crippen LogP contribution >= 0.6 is 0 Å². The molecule has 0 bridgehead atoms. The molecule has 2 N–H and O–H groups in total. The van der Waals surface area contributed by atoms with Crippen LogP contribution in [0.1, 0.15) is 57.4 Å². The van der Waals surface area contributed by atoms with Crippen molar-refractivity contribution in [2.45, 2.75) is 65.6 Å². The number of nitrogens with zero attached hydrogens (tertiary/aromatic N) is 2. The van der Waals surface area contributed by atoms with Crippen LogP contribution in [0.4, 0.5) is 0 Å². The minimum atomic E-state index is -0.300. The Hall–Kier alpha value is -3.03. The summed E-state index contributed by atoms with van der Waals surface area (Å²) in [5.41, 5.74) is 1.79. The third-order valence-corrected chi connectivity index (χ3v) is 5.70. The maximum atomic E-state index is 13.2. The molecule has 3 rings (SSSR count). The van der Waals surface area contributed by atoms with Crippen molar-refractivity contribution in [2.24, 2.45) is 11.8 Å². The molecule has 1 fully saturated rings. The second-order valence-corrected chi connectivity index (χ2v) is 9.40. The number of nitrogens with one attached hydrogen (secondary N) is 2. The summed E-state index contributed by atoms with van der Waals surface area (Å²) in [7, 11) is 3.21. The molecule has 1 aliphatic rings. The maximum Gasteiger partial charge on any atom is 0.272 e. The number of rotatable bonds is 11. The van der Waals surface area contributed by atoms with E-state index in [1.807, 2.05) is 36.7 Å². The molecule has 0 radical (unpaired) electrons. The number of aromatic nitrogens is 2. The van der Waals surface area contributed by atoms with E-state index in [0.717, 1.165) is 24.1 Å². The smallest absolute Gasteiger partial charge is 0.272 e. The molecule has 1 unspecified atom stereocenters. The van der Waals surface area contributed by atoms with Crippen molar-refractivity contribution in [3.05, 3.63) is 30.0 Å². The first-order valence-electron chi connectivity index (χ1n) is 11.6. The van der Waals surface area contributed by atoms with E-state index in [4.69, 9.17) is 9.47 Å². The molecule has 0 aliphatic heterocycles. The van der Waals surface area contributed by atoms with Crippen molar-refractivity contribution in [1.29, 1.82) is 0 Å². The number of amides is 2. The summed E-state index contributed by atoms with van der Waals surface area (Å²) >= 11 is 0. The Morgan fingerprint density at radius 2 is 1.76 bits per heavy atom. The fraction of sp³-hybridized carbons (Fsp3) is 0.560. The van der Waals surface area contributed by atoms with Crippen LogP contribution in [-0.2, 0) is 11.3 Å². The minimum absolute atomic E-state index is 0.0266. The highest BCUT2D eigenvalue weighted by atomic mass is 16.5. The molecule has 33 heavy (non-hydrogen) atoms. The Labute approximate surface area is 196 Å². The van der Waals surface area contributed by atoms with Crippen molar-refractivity contribution in [2.75, 3.05) is 14.2 Å². The van der Waals surface area contributed by atoms with Gasteiger partial charge in [0.2, 0.25) is 5.91 Å². The molecule has 8 heteroatoms. The molecule has 2 amide bonds.